The lowest BCUT2D eigenvalue weighted by Crippen LogP contribution is -2.16. The van der Waals surface area contributed by atoms with E-state index in [0.29, 0.717) is 0 Å². The standard InChI is InChI=1S/C12H12ClN5O/c1-6-3-7(2)17-12(16-6)18-11(19)8-4-10(13)15-5-9(8)14/h3-5H,14H2,1-2H3,(H,16,17,18,19). The number of pyridine rings is 1. The van der Waals surface area contributed by atoms with Crippen molar-refractivity contribution in [3.63, 3.8) is 0 Å². The molecule has 0 atom stereocenters. The van der Waals surface area contributed by atoms with Gasteiger partial charge in [-0.15, -0.1) is 0 Å². The van der Waals surface area contributed by atoms with Crippen LogP contribution in [0.15, 0.2) is 18.3 Å². The van der Waals surface area contributed by atoms with E-state index >= 15 is 0 Å². The van der Waals surface area contributed by atoms with Gasteiger partial charge in [0.25, 0.3) is 5.91 Å². The van der Waals surface area contributed by atoms with Crippen LogP contribution < -0.4 is 11.1 Å². The third-order valence-electron chi connectivity index (χ3n) is 2.35. The van der Waals surface area contributed by atoms with Crippen molar-refractivity contribution in [1.82, 2.24) is 15.0 Å². The Morgan fingerprint density at radius 3 is 2.53 bits per heavy atom. The Labute approximate surface area is 115 Å². The Morgan fingerprint density at radius 2 is 1.89 bits per heavy atom. The van der Waals surface area contributed by atoms with E-state index in [4.69, 9.17) is 17.3 Å². The van der Waals surface area contributed by atoms with E-state index in [1.54, 1.807) is 0 Å². The zero-order valence-electron chi connectivity index (χ0n) is 10.4. The first-order valence-electron chi connectivity index (χ1n) is 5.50. The molecule has 0 saturated heterocycles. The number of nitrogens with two attached hydrogens (primary N) is 1. The molecule has 0 bridgehead atoms. The van der Waals surface area contributed by atoms with Gasteiger partial charge in [-0.1, -0.05) is 11.6 Å². The summed E-state index contributed by atoms with van der Waals surface area (Å²) in [5.74, 6) is -0.193. The van der Waals surface area contributed by atoms with Gasteiger partial charge in [0.05, 0.1) is 17.4 Å². The Balaban J connectivity index is 2.28. The molecule has 19 heavy (non-hydrogen) atoms. The number of aromatic nitrogens is 3. The van der Waals surface area contributed by atoms with E-state index < -0.39 is 5.91 Å². The van der Waals surface area contributed by atoms with Crippen LogP contribution in [0.4, 0.5) is 11.6 Å². The molecule has 0 aliphatic rings. The fourth-order valence-electron chi connectivity index (χ4n) is 1.59. The number of amides is 1. The lowest BCUT2D eigenvalue weighted by Gasteiger charge is -2.07. The number of nitrogens with one attached hydrogen (secondary N) is 1. The largest absolute Gasteiger partial charge is 0.397 e. The van der Waals surface area contributed by atoms with Crippen LogP contribution in [0, 0.1) is 13.8 Å². The number of carbonyl (C=O) groups is 1. The first-order chi connectivity index (χ1) is 8.95. The first kappa shape index (κ1) is 13.2. The van der Waals surface area contributed by atoms with E-state index in [9.17, 15) is 4.79 Å². The molecule has 2 rings (SSSR count). The molecular weight excluding hydrogens is 266 g/mol. The molecule has 0 aliphatic heterocycles. The normalized spacial score (nSPS) is 10.3. The van der Waals surface area contributed by atoms with Crippen LogP contribution in [0.5, 0.6) is 0 Å². The van der Waals surface area contributed by atoms with E-state index in [2.05, 4.69) is 20.3 Å². The second kappa shape index (κ2) is 5.19. The van der Waals surface area contributed by atoms with Crippen LogP contribution >= 0.6 is 11.6 Å². The molecule has 7 heteroatoms. The summed E-state index contributed by atoms with van der Waals surface area (Å²) >= 11 is 5.74. The van der Waals surface area contributed by atoms with Gasteiger partial charge in [-0.25, -0.2) is 15.0 Å². The van der Waals surface area contributed by atoms with Crippen LogP contribution in [-0.4, -0.2) is 20.9 Å². The monoisotopic (exact) mass is 277 g/mol. The predicted molar refractivity (Wildman–Crippen MR) is 73.1 cm³/mol. The Kier molecular flexibility index (Phi) is 3.62. The molecule has 0 fully saturated rings. The second-order valence-corrected chi connectivity index (χ2v) is 4.41. The lowest BCUT2D eigenvalue weighted by atomic mass is 10.2. The minimum atomic E-state index is -0.424. The van der Waals surface area contributed by atoms with Crippen LogP contribution in [0.3, 0.4) is 0 Å². The summed E-state index contributed by atoms with van der Waals surface area (Å²) in [6.07, 6.45) is 1.33. The average molecular weight is 278 g/mol. The zero-order valence-corrected chi connectivity index (χ0v) is 11.2. The summed E-state index contributed by atoms with van der Waals surface area (Å²) in [7, 11) is 0. The Hall–Kier alpha value is -2.21. The molecule has 98 valence electrons. The average Bonchev–Trinajstić information content (AvgIpc) is 2.30. The third kappa shape index (κ3) is 3.17. The van der Waals surface area contributed by atoms with Gasteiger partial charge >= 0.3 is 0 Å². The van der Waals surface area contributed by atoms with Gasteiger partial charge in [-0.2, -0.15) is 0 Å². The minimum absolute atomic E-state index is 0.195. The molecule has 0 aliphatic carbocycles. The maximum absolute atomic E-state index is 12.1. The molecule has 1 amide bonds. The minimum Gasteiger partial charge on any atom is -0.397 e. The summed E-state index contributed by atoms with van der Waals surface area (Å²) in [6.45, 7) is 3.64. The molecule has 2 aromatic heterocycles. The number of rotatable bonds is 2. The van der Waals surface area contributed by atoms with Crippen molar-refractivity contribution in [2.45, 2.75) is 13.8 Å². The van der Waals surface area contributed by atoms with Gasteiger partial charge in [0.2, 0.25) is 5.95 Å². The van der Waals surface area contributed by atoms with Crippen molar-refractivity contribution < 1.29 is 4.79 Å². The van der Waals surface area contributed by atoms with Gasteiger partial charge < -0.3 is 5.73 Å². The van der Waals surface area contributed by atoms with E-state index in [1.165, 1.54) is 12.3 Å². The maximum atomic E-state index is 12.1. The summed E-state index contributed by atoms with van der Waals surface area (Å²) in [6, 6.07) is 3.21. The topological polar surface area (TPSA) is 93.8 Å². The molecule has 6 nitrogen and oxygen atoms in total. The number of hydrogen-bond donors (Lipinski definition) is 2. The summed E-state index contributed by atoms with van der Waals surface area (Å²) < 4.78 is 0. The molecule has 0 unspecified atom stereocenters. The number of aryl methyl sites for hydroxylation is 2. The van der Waals surface area contributed by atoms with Crippen molar-refractivity contribution in [3.8, 4) is 0 Å². The van der Waals surface area contributed by atoms with Crippen LogP contribution in [-0.2, 0) is 0 Å². The van der Waals surface area contributed by atoms with Crippen LogP contribution in [0.1, 0.15) is 21.7 Å². The van der Waals surface area contributed by atoms with Gasteiger partial charge in [-0.05, 0) is 26.0 Å². The van der Waals surface area contributed by atoms with Gasteiger partial charge in [0, 0.05) is 11.4 Å². The Bertz CT molecular complexity index is 624. The number of hydrogen-bond acceptors (Lipinski definition) is 5. The molecule has 0 aromatic carbocycles. The molecule has 0 saturated carbocycles. The van der Waals surface area contributed by atoms with Gasteiger partial charge in [0.1, 0.15) is 5.15 Å². The van der Waals surface area contributed by atoms with Crippen molar-refractivity contribution >= 4 is 29.1 Å². The SMILES string of the molecule is Cc1cc(C)nc(NC(=O)c2cc(Cl)ncc2N)n1. The van der Waals surface area contributed by atoms with Crippen molar-refractivity contribution in [2.24, 2.45) is 0 Å². The Morgan fingerprint density at radius 1 is 1.26 bits per heavy atom. The predicted octanol–water partition coefficient (Wildman–Crippen LogP) is 1.98. The fourth-order valence-corrected chi connectivity index (χ4v) is 1.75. The van der Waals surface area contributed by atoms with E-state index in [0.717, 1.165) is 11.4 Å². The number of carbonyl (C=O) groups excluding carboxylic acids is 1. The van der Waals surface area contributed by atoms with Crippen LogP contribution in [0.2, 0.25) is 5.15 Å². The number of nitrogen functional groups attached to an aromatic ring is 1. The van der Waals surface area contributed by atoms with Gasteiger partial charge in [0.15, 0.2) is 0 Å². The van der Waals surface area contributed by atoms with Crippen molar-refractivity contribution in [3.05, 3.63) is 40.4 Å². The number of nitrogens with zero attached hydrogens (tertiary/aromatic N) is 3. The lowest BCUT2D eigenvalue weighted by molar-refractivity contribution is 0.102. The molecular formula is C12H12ClN5O. The second-order valence-electron chi connectivity index (χ2n) is 4.02. The highest BCUT2D eigenvalue weighted by Gasteiger charge is 2.13. The van der Waals surface area contributed by atoms with E-state index in [1.807, 2.05) is 19.9 Å². The summed E-state index contributed by atoms with van der Waals surface area (Å²) in [5.41, 5.74) is 7.70. The molecule has 0 spiro atoms. The highest BCUT2D eigenvalue weighted by atomic mass is 35.5. The highest BCUT2D eigenvalue weighted by Crippen LogP contribution is 2.16. The van der Waals surface area contributed by atoms with Crippen molar-refractivity contribution in [2.75, 3.05) is 11.1 Å². The quantitative estimate of drug-likeness (QED) is 0.819. The third-order valence-corrected chi connectivity index (χ3v) is 2.56. The summed E-state index contributed by atoms with van der Waals surface area (Å²) in [4.78, 5) is 24.1. The molecule has 0 radical (unpaired) electrons. The zero-order chi connectivity index (χ0) is 14.0. The number of anilines is 2. The smallest absolute Gasteiger partial charge is 0.260 e. The number of halogens is 1. The van der Waals surface area contributed by atoms with Crippen molar-refractivity contribution in [1.29, 1.82) is 0 Å². The van der Waals surface area contributed by atoms with Crippen LogP contribution in [0.25, 0.3) is 0 Å². The molecule has 3 N–H and O–H groups in total. The van der Waals surface area contributed by atoms with E-state index in [-0.39, 0.29) is 22.4 Å². The fraction of sp³-hybridized carbons (Fsp3) is 0.167. The maximum Gasteiger partial charge on any atom is 0.260 e. The highest BCUT2D eigenvalue weighted by molar-refractivity contribution is 6.30. The molecule has 2 heterocycles. The van der Waals surface area contributed by atoms with Gasteiger partial charge in [-0.3, -0.25) is 10.1 Å². The molecule has 2 aromatic rings. The first-order valence-corrected chi connectivity index (χ1v) is 5.88. The summed E-state index contributed by atoms with van der Waals surface area (Å²) in [5, 5.41) is 2.78.